The monoisotopic (exact) mass is 265 g/mol. The third kappa shape index (κ3) is 2.12. The first-order valence-corrected chi connectivity index (χ1v) is 6.45. The second kappa shape index (κ2) is 5.09. The molecule has 4 heteroatoms. The van der Waals surface area contributed by atoms with Gasteiger partial charge in [0.15, 0.2) is 0 Å². The van der Waals surface area contributed by atoms with Crippen LogP contribution in [0.15, 0.2) is 66.9 Å². The SMILES string of the molecule is CC(=O)N1C(c2ccccc2)=CNN1c1ccccc1. The van der Waals surface area contributed by atoms with Crippen molar-refractivity contribution < 1.29 is 4.79 Å². The topological polar surface area (TPSA) is 35.6 Å². The summed E-state index contributed by atoms with van der Waals surface area (Å²) < 4.78 is 0. The molecule has 1 amide bonds. The van der Waals surface area contributed by atoms with Crippen molar-refractivity contribution in [3.8, 4) is 0 Å². The Labute approximate surface area is 117 Å². The van der Waals surface area contributed by atoms with Gasteiger partial charge in [-0.3, -0.25) is 10.2 Å². The molecule has 0 spiro atoms. The molecule has 0 aromatic heterocycles. The second-order valence-corrected chi connectivity index (χ2v) is 4.50. The molecule has 1 aliphatic heterocycles. The van der Waals surface area contributed by atoms with Crippen LogP contribution in [-0.2, 0) is 4.79 Å². The van der Waals surface area contributed by atoms with Gasteiger partial charge in [-0.05, 0) is 12.1 Å². The number of carbonyl (C=O) groups is 1. The molecular weight excluding hydrogens is 250 g/mol. The number of benzene rings is 2. The lowest BCUT2D eigenvalue weighted by Gasteiger charge is -2.30. The standard InChI is InChI=1S/C16H15N3O/c1-13(20)18-16(14-8-4-2-5-9-14)12-17-19(18)15-10-6-3-7-11-15/h2-12,17H,1H3. The van der Waals surface area contributed by atoms with Crippen LogP contribution in [-0.4, -0.2) is 10.9 Å². The Morgan fingerprint density at radius 2 is 1.55 bits per heavy atom. The Balaban J connectivity index is 1.97. The van der Waals surface area contributed by atoms with Crippen molar-refractivity contribution in [2.45, 2.75) is 6.92 Å². The number of hydrogen-bond donors (Lipinski definition) is 1. The quantitative estimate of drug-likeness (QED) is 0.907. The molecule has 0 aliphatic carbocycles. The molecule has 0 saturated heterocycles. The van der Waals surface area contributed by atoms with Gasteiger partial charge in [0.05, 0.1) is 11.4 Å². The third-order valence-electron chi connectivity index (χ3n) is 3.12. The molecular formula is C16H15N3O. The average Bonchev–Trinajstić information content (AvgIpc) is 2.94. The third-order valence-corrected chi connectivity index (χ3v) is 3.12. The van der Waals surface area contributed by atoms with Gasteiger partial charge < -0.3 is 0 Å². The van der Waals surface area contributed by atoms with E-state index < -0.39 is 0 Å². The molecule has 2 aromatic carbocycles. The van der Waals surface area contributed by atoms with Crippen molar-refractivity contribution in [1.29, 1.82) is 0 Å². The second-order valence-electron chi connectivity index (χ2n) is 4.50. The van der Waals surface area contributed by atoms with E-state index >= 15 is 0 Å². The van der Waals surface area contributed by atoms with E-state index in [0.29, 0.717) is 0 Å². The van der Waals surface area contributed by atoms with Gasteiger partial charge in [0.25, 0.3) is 0 Å². The van der Waals surface area contributed by atoms with Crippen molar-refractivity contribution in [2.24, 2.45) is 0 Å². The lowest BCUT2D eigenvalue weighted by atomic mass is 10.1. The normalized spacial score (nSPS) is 13.9. The van der Waals surface area contributed by atoms with Gasteiger partial charge in [0, 0.05) is 18.7 Å². The predicted molar refractivity (Wildman–Crippen MR) is 79.0 cm³/mol. The molecule has 0 saturated carbocycles. The molecule has 0 radical (unpaired) electrons. The van der Waals surface area contributed by atoms with Crippen LogP contribution >= 0.6 is 0 Å². The zero-order valence-corrected chi connectivity index (χ0v) is 11.2. The summed E-state index contributed by atoms with van der Waals surface area (Å²) in [7, 11) is 0. The van der Waals surface area contributed by atoms with E-state index in [9.17, 15) is 4.79 Å². The maximum atomic E-state index is 12.0. The number of carbonyl (C=O) groups excluding carboxylic acids is 1. The minimum atomic E-state index is -0.0473. The summed E-state index contributed by atoms with van der Waals surface area (Å²) in [5.41, 5.74) is 5.87. The van der Waals surface area contributed by atoms with Gasteiger partial charge >= 0.3 is 0 Å². The molecule has 3 rings (SSSR count). The van der Waals surface area contributed by atoms with Crippen LogP contribution in [0.4, 0.5) is 5.69 Å². The van der Waals surface area contributed by atoms with E-state index in [1.54, 1.807) is 17.1 Å². The molecule has 1 heterocycles. The lowest BCUT2D eigenvalue weighted by molar-refractivity contribution is -0.126. The largest absolute Gasteiger partial charge is 0.284 e. The summed E-state index contributed by atoms with van der Waals surface area (Å²) in [6.07, 6.45) is 1.84. The number of nitrogens with one attached hydrogen (secondary N) is 1. The van der Waals surface area contributed by atoms with Crippen LogP contribution < -0.4 is 10.5 Å². The van der Waals surface area contributed by atoms with Crippen molar-refractivity contribution in [3.05, 3.63) is 72.4 Å². The van der Waals surface area contributed by atoms with E-state index in [4.69, 9.17) is 0 Å². The smallest absolute Gasteiger partial charge is 0.244 e. The van der Waals surface area contributed by atoms with Crippen LogP contribution in [0.1, 0.15) is 12.5 Å². The summed E-state index contributed by atoms with van der Waals surface area (Å²) in [5.74, 6) is -0.0473. The highest BCUT2D eigenvalue weighted by molar-refractivity contribution is 5.88. The summed E-state index contributed by atoms with van der Waals surface area (Å²) in [5, 5.41) is 3.37. The van der Waals surface area contributed by atoms with E-state index in [2.05, 4.69) is 5.43 Å². The Morgan fingerprint density at radius 1 is 0.950 bits per heavy atom. The van der Waals surface area contributed by atoms with Crippen LogP contribution in [0, 0.1) is 0 Å². The maximum Gasteiger partial charge on any atom is 0.244 e. The van der Waals surface area contributed by atoms with Crippen molar-refractivity contribution >= 4 is 17.3 Å². The fourth-order valence-corrected chi connectivity index (χ4v) is 2.23. The number of hydrogen-bond acceptors (Lipinski definition) is 3. The highest BCUT2D eigenvalue weighted by atomic mass is 16.2. The minimum Gasteiger partial charge on any atom is -0.284 e. The number of para-hydroxylation sites is 1. The Hall–Kier alpha value is -2.75. The highest BCUT2D eigenvalue weighted by Gasteiger charge is 2.28. The minimum absolute atomic E-state index is 0.0473. The molecule has 100 valence electrons. The van der Waals surface area contributed by atoms with Gasteiger partial charge in [0.2, 0.25) is 5.91 Å². The molecule has 0 atom stereocenters. The summed E-state index contributed by atoms with van der Waals surface area (Å²) in [4.78, 5) is 12.0. The van der Waals surface area contributed by atoms with E-state index in [0.717, 1.165) is 16.9 Å². The molecule has 20 heavy (non-hydrogen) atoms. The number of rotatable bonds is 2. The zero-order chi connectivity index (χ0) is 13.9. The van der Waals surface area contributed by atoms with Crippen LogP contribution in [0.2, 0.25) is 0 Å². The van der Waals surface area contributed by atoms with Crippen molar-refractivity contribution in [1.82, 2.24) is 10.4 Å². The van der Waals surface area contributed by atoms with Crippen LogP contribution in [0.3, 0.4) is 0 Å². The van der Waals surface area contributed by atoms with E-state index in [1.807, 2.05) is 66.9 Å². The summed E-state index contributed by atoms with van der Waals surface area (Å²) in [6.45, 7) is 1.56. The van der Waals surface area contributed by atoms with Gasteiger partial charge in [-0.1, -0.05) is 48.5 Å². The van der Waals surface area contributed by atoms with Crippen molar-refractivity contribution in [3.63, 3.8) is 0 Å². The molecule has 4 nitrogen and oxygen atoms in total. The summed E-state index contributed by atoms with van der Waals surface area (Å²) >= 11 is 0. The molecule has 0 bridgehead atoms. The van der Waals surface area contributed by atoms with E-state index in [1.165, 1.54) is 0 Å². The van der Waals surface area contributed by atoms with E-state index in [-0.39, 0.29) is 5.91 Å². The molecule has 1 aliphatic rings. The zero-order valence-electron chi connectivity index (χ0n) is 11.2. The maximum absolute atomic E-state index is 12.0. The highest BCUT2D eigenvalue weighted by Crippen LogP contribution is 2.28. The lowest BCUT2D eigenvalue weighted by Crippen LogP contribution is -2.45. The van der Waals surface area contributed by atoms with Crippen LogP contribution in [0.25, 0.3) is 5.70 Å². The predicted octanol–water partition coefficient (Wildman–Crippen LogP) is 2.77. The Bertz CT molecular complexity index is 637. The van der Waals surface area contributed by atoms with Gasteiger partial charge in [-0.15, -0.1) is 0 Å². The fourth-order valence-electron chi connectivity index (χ4n) is 2.23. The van der Waals surface area contributed by atoms with Gasteiger partial charge in [-0.2, -0.15) is 5.12 Å². The Kier molecular flexibility index (Phi) is 3.13. The average molecular weight is 265 g/mol. The first kappa shape index (κ1) is 12.3. The summed E-state index contributed by atoms with van der Waals surface area (Å²) in [6, 6.07) is 19.6. The number of amides is 1. The number of anilines is 1. The molecule has 0 unspecified atom stereocenters. The first-order chi connectivity index (χ1) is 9.77. The number of hydrazine groups is 2. The van der Waals surface area contributed by atoms with Crippen molar-refractivity contribution in [2.75, 3.05) is 5.12 Å². The number of nitrogens with zero attached hydrogens (tertiary/aromatic N) is 2. The molecule has 0 fully saturated rings. The Morgan fingerprint density at radius 3 is 2.15 bits per heavy atom. The first-order valence-electron chi connectivity index (χ1n) is 6.45. The molecule has 2 aromatic rings. The van der Waals surface area contributed by atoms with Crippen LogP contribution in [0.5, 0.6) is 0 Å². The fraction of sp³-hybridized carbons (Fsp3) is 0.0625. The molecule has 1 N–H and O–H groups in total. The van der Waals surface area contributed by atoms with Gasteiger partial charge in [-0.25, -0.2) is 5.01 Å². The van der Waals surface area contributed by atoms with Gasteiger partial charge in [0.1, 0.15) is 0 Å².